The van der Waals surface area contributed by atoms with Gasteiger partial charge in [0.15, 0.2) is 5.96 Å². The van der Waals surface area contributed by atoms with Gasteiger partial charge in [0.2, 0.25) is 10.0 Å². The second-order valence-corrected chi connectivity index (χ2v) is 9.50. The van der Waals surface area contributed by atoms with E-state index in [0.717, 1.165) is 54.0 Å². The molecule has 3 rings (SSSR count). The zero-order valence-electron chi connectivity index (χ0n) is 17.3. The summed E-state index contributed by atoms with van der Waals surface area (Å²) in [5, 5.41) is 4.14. The fraction of sp³-hybridized carbons (Fsp3) is 0.381. The van der Waals surface area contributed by atoms with Gasteiger partial charge in [-0.3, -0.25) is 4.99 Å². The molecule has 0 spiro atoms. The largest absolute Gasteiger partial charge is 0.368 e. The first-order valence-corrected chi connectivity index (χ1v) is 11.9. The second kappa shape index (κ2) is 10.1. The van der Waals surface area contributed by atoms with Crippen molar-refractivity contribution in [1.29, 1.82) is 0 Å². The van der Waals surface area contributed by atoms with Gasteiger partial charge in [-0.25, -0.2) is 13.1 Å². The van der Waals surface area contributed by atoms with E-state index in [-0.39, 0.29) is 5.75 Å². The third-order valence-corrected chi connectivity index (χ3v) is 6.64. The van der Waals surface area contributed by atoms with Crippen LogP contribution in [0, 0.1) is 0 Å². The number of aliphatic imine (C=N–C) groups is 1. The first-order chi connectivity index (χ1) is 14.4. The summed E-state index contributed by atoms with van der Waals surface area (Å²) in [4.78, 5) is 8.97. The average Bonchev–Trinajstić information content (AvgIpc) is 2.74. The van der Waals surface area contributed by atoms with Gasteiger partial charge in [0.05, 0.1) is 5.75 Å². The summed E-state index contributed by atoms with van der Waals surface area (Å²) < 4.78 is 25.9. The van der Waals surface area contributed by atoms with E-state index in [1.165, 1.54) is 7.05 Å². The van der Waals surface area contributed by atoms with Crippen LogP contribution in [0.5, 0.6) is 0 Å². The number of anilines is 1. The van der Waals surface area contributed by atoms with Crippen molar-refractivity contribution in [3.63, 3.8) is 0 Å². The Balaban J connectivity index is 1.56. The van der Waals surface area contributed by atoms with Crippen molar-refractivity contribution >= 4 is 33.3 Å². The van der Waals surface area contributed by atoms with E-state index in [1.807, 2.05) is 42.5 Å². The topological polar surface area (TPSA) is 77.0 Å². The fourth-order valence-corrected chi connectivity index (χ4v) is 4.43. The summed E-state index contributed by atoms with van der Waals surface area (Å²) in [5.74, 6) is 0.811. The maximum atomic E-state index is 11.8. The summed E-state index contributed by atoms with van der Waals surface area (Å²) in [6.07, 6.45) is 0. The van der Waals surface area contributed by atoms with Gasteiger partial charge in [-0.15, -0.1) is 0 Å². The lowest BCUT2D eigenvalue weighted by Crippen LogP contribution is -2.52. The summed E-state index contributed by atoms with van der Waals surface area (Å²) in [6.45, 7) is 4.06. The highest BCUT2D eigenvalue weighted by Gasteiger charge is 2.20. The zero-order valence-corrected chi connectivity index (χ0v) is 18.9. The molecule has 0 bridgehead atoms. The van der Waals surface area contributed by atoms with Gasteiger partial charge in [0.1, 0.15) is 0 Å². The van der Waals surface area contributed by atoms with Crippen molar-refractivity contribution in [1.82, 2.24) is 14.9 Å². The Bertz CT molecular complexity index is 988. The molecule has 30 heavy (non-hydrogen) atoms. The smallest absolute Gasteiger partial charge is 0.215 e. The van der Waals surface area contributed by atoms with Gasteiger partial charge in [0, 0.05) is 50.5 Å². The van der Waals surface area contributed by atoms with Crippen molar-refractivity contribution in [3.05, 3.63) is 64.7 Å². The van der Waals surface area contributed by atoms with Crippen LogP contribution in [0.4, 0.5) is 5.69 Å². The number of halogens is 1. The molecule has 2 N–H and O–H groups in total. The summed E-state index contributed by atoms with van der Waals surface area (Å²) >= 11 is 6.12. The maximum Gasteiger partial charge on any atom is 0.215 e. The first kappa shape index (κ1) is 22.4. The Labute approximate surface area is 183 Å². The van der Waals surface area contributed by atoms with Crippen molar-refractivity contribution in [2.45, 2.75) is 12.3 Å². The number of guanidine groups is 1. The Morgan fingerprint density at radius 3 is 2.43 bits per heavy atom. The van der Waals surface area contributed by atoms with E-state index < -0.39 is 10.0 Å². The van der Waals surface area contributed by atoms with Crippen LogP contribution < -0.4 is 14.9 Å². The standard InChI is InChI=1S/C21H28ClN5O2S/c1-23-21(25-15-17-5-3-6-18(13-17)16-30(28,29)24-2)27-11-9-26(10-12-27)20-8-4-7-19(22)14-20/h3-8,13-14,24H,9-12,15-16H2,1-2H3,(H,23,25). The van der Waals surface area contributed by atoms with Crippen LogP contribution in [0.2, 0.25) is 5.02 Å². The predicted octanol–water partition coefficient (Wildman–Crippen LogP) is 2.29. The van der Waals surface area contributed by atoms with Crippen LogP contribution >= 0.6 is 11.6 Å². The van der Waals surface area contributed by atoms with Gasteiger partial charge in [-0.1, -0.05) is 41.9 Å². The molecule has 7 nitrogen and oxygen atoms in total. The van der Waals surface area contributed by atoms with Crippen LogP contribution in [0.15, 0.2) is 53.5 Å². The van der Waals surface area contributed by atoms with E-state index in [1.54, 1.807) is 7.05 Å². The molecular formula is C21H28ClN5O2S. The van der Waals surface area contributed by atoms with Gasteiger partial charge >= 0.3 is 0 Å². The highest BCUT2D eigenvalue weighted by Crippen LogP contribution is 2.20. The van der Waals surface area contributed by atoms with Crippen molar-refractivity contribution in [3.8, 4) is 0 Å². The fourth-order valence-electron chi connectivity index (χ4n) is 3.48. The maximum absolute atomic E-state index is 11.8. The lowest BCUT2D eigenvalue weighted by Gasteiger charge is -2.37. The van der Waals surface area contributed by atoms with Gasteiger partial charge in [0.25, 0.3) is 0 Å². The van der Waals surface area contributed by atoms with E-state index in [0.29, 0.717) is 6.54 Å². The Hall–Kier alpha value is -2.29. The number of sulfonamides is 1. The molecule has 9 heteroatoms. The molecule has 2 aromatic carbocycles. The Kier molecular flexibility index (Phi) is 7.58. The Morgan fingerprint density at radius 1 is 1.07 bits per heavy atom. The highest BCUT2D eigenvalue weighted by molar-refractivity contribution is 7.88. The summed E-state index contributed by atoms with van der Waals surface area (Å²) in [6, 6.07) is 15.5. The third-order valence-electron chi connectivity index (χ3n) is 5.07. The van der Waals surface area contributed by atoms with Crippen LogP contribution in [-0.4, -0.2) is 59.6 Å². The SMILES string of the molecule is CN=C(NCc1cccc(CS(=O)(=O)NC)c1)N1CCN(c2cccc(Cl)c2)CC1. The van der Waals surface area contributed by atoms with Crippen LogP contribution in [0.25, 0.3) is 0 Å². The van der Waals surface area contributed by atoms with E-state index in [4.69, 9.17) is 11.6 Å². The minimum Gasteiger partial charge on any atom is -0.368 e. The molecule has 1 heterocycles. The molecule has 0 atom stereocenters. The molecule has 0 amide bonds. The molecular weight excluding hydrogens is 422 g/mol. The predicted molar refractivity (Wildman–Crippen MR) is 124 cm³/mol. The number of nitrogens with one attached hydrogen (secondary N) is 2. The van der Waals surface area contributed by atoms with Gasteiger partial charge in [-0.05, 0) is 36.4 Å². The van der Waals surface area contributed by atoms with Crippen molar-refractivity contribution < 1.29 is 8.42 Å². The normalized spacial score (nSPS) is 15.4. The molecule has 162 valence electrons. The molecule has 0 aliphatic carbocycles. The van der Waals surface area contributed by atoms with Gasteiger partial charge < -0.3 is 15.1 Å². The number of benzene rings is 2. The minimum absolute atomic E-state index is 0.0302. The van der Waals surface area contributed by atoms with Gasteiger partial charge in [-0.2, -0.15) is 0 Å². The number of hydrogen-bond donors (Lipinski definition) is 2. The number of piperazine rings is 1. The average molecular weight is 450 g/mol. The molecule has 0 saturated carbocycles. The molecule has 1 aliphatic rings. The van der Waals surface area contributed by atoms with Crippen LogP contribution in [0.3, 0.4) is 0 Å². The molecule has 1 saturated heterocycles. The zero-order chi connectivity index (χ0) is 21.6. The third kappa shape index (κ3) is 6.10. The monoisotopic (exact) mass is 449 g/mol. The highest BCUT2D eigenvalue weighted by atomic mass is 35.5. The molecule has 1 aliphatic heterocycles. The first-order valence-electron chi connectivity index (χ1n) is 9.85. The number of hydrogen-bond acceptors (Lipinski definition) is 4. The van der Waals surface area contributed by atoms with Crippen LogP contribution in [-0.2, 0) is 22.3 Å². The van der Waals surface area contributed by atoms with E-state index in [9.17, 15) is 8.42 Å². The minimum atomic E-state index is -3.29. The second-order valence-electron chi connectivity index (χ2n) is 7.14. The lowest BCUT2D eigenvalue weighted by molar-refractivity contribution is 0.372. The van der Waals surface area contributed by atoms with E-state index in [2.05, 4.69) is 30.9 Å². The summed E-state index contributed by atoms with van der Waals surface area (Å²) in [5.41, 5.74) is 2.91. The molecule has 0 radical (unpaired) electrons. The number of nitrogens with zero attached hydrogens (tertiary/aromatic N) is 3. The van der Waals surface area contributed by atoms with E-state index >= 15 is 0 Å². The lowest BCUT2D eigenvalue weighted by atomic mass is 10.1. The van der Waals surface area contributed by atoms with Crippen molar-refractivity contribution in [2.75, 3.05) is 45.2 Å². The van der Waals surface area contributed by atoms with Crippen molar-refractivity contribution in [2.24, 2.45) is 4.99 Å². The Morgan fingerprint density at radius 2 is 1.77 bits per heavy atom. The quantitative estimate of drug-likeness (QED) is 0.522. The molecule has 0 aromatic heterocycles. The van der Waals surface area contributed by atoms with Crippen LogP contribution in [0.1, 0.15) is 11.1 Å². The molecule has 0 unspecified atom stereocenters. The summed E-state index contributed by atoms with van der Waals surface area (Å²) in [7, 11) is -0.0818. The number of rotatable bonds is 6. The molecule has 2 aromatic rings. The molecule has 1 fully saturated rings.